The minimum Gasteiger partial charge on any atom is -0.360 e. The fourth-order valence-corrected chi connectivity index (χ4v) is 6.39. The van der Waals surface area contributed by atoms with Gasteiger partial charge in [-0.05, 0) is 55.7 Å². The van der Waals surface area contributed by atoms with Crippen molar-refractivity contribution in [3.8, 4) is 0 Å². The minimum atomic E-state index is -3.93. The smallest absolute Gasteiger partial charge is 0.297 e. The van der Waals surface area contributed by atoms with Gasteiger partial charge in [0.2, 0.25) is 9.84 Å². The summed E-state index contributed by atoms with van der Waals surface area (Å²) in [6.45, 7) is 3.51. The van der Waals surface area contributed by atoms with E-state index in [1.54, 1.807) is 67.6 Å². The summed E-state index contributed by atoms with van der Waals surface area (Å²) in [4.78, 5) is 3.50. The number of nitrogens with one attached hydrogen (secondary N) is 1. The van der Waals surface area contributed by atoms with Crippen LogP contribution in [0, 0.1) is 13.8 Å². The maximum absolute atomic E-state index is 13.2. The van der Waals surface area contributed by atoms with E-state index in [2.05, 4.69) is 4.98 Å². The van der Waals surface area contributed by atoms with Crippen LogP contribution in [0.4, 0.5) is 0 Å². The first kappa shape index (κ1) is 22.3. The highest BCUT2D eigenvalue weighted by Gasteiger charge is 2.24. The van der Waals surface area contributed by atoms with Crippen molar-refractivity contribution in [3.63, 3.8) is 0 Å². The number of benzene rings is 3. The molecule has 0 atom stereocenters. The molecule has 3 aromatic carbocycles. The summed E-state index contributed by atoms with van der Waals surface area (Å²) in [6.07, 6.45) is 1.71. The zero-order valence-electron chi connectivity index (χ0n) is 17.7. The number of aromatic nitrogens is 1. The molecule has 8 heteroatoms. The molecule has 6 nitrogen and oxygen atoms in total. The number of fused-ring (bicyclic) bond motifs is 1. The van der Waals surface area contributed by atoms with Crippen LogP contribution in [-0.4, -0.2) is 28.4 Å². The van der Waals surface area contributed by atoms with Crippen molar-refractivity contribution >= 4 is 30.9 Å². The zero-order valence-corrected chi connectivity index (χ0v) is 19.3. The Morgan fingerprint density at radius 3 is 2.31 bits per heavy atom. The summed E-state index contributed by atoms with van der Waals surface area (Å²) in [6, 6.07) is 18.6. The topological polar surface area (TPSA) is 93.3 Å². The number of sulfone groups is 1. The van der Waals surface area contributed by atoms with Crippen LogP contribution in [-0.2, 0) is 30.6 Å². The number of hydrogen-bond donors (Lipinski definition) is 1. The molecule has 0 unspecified atom stereocenters. The van der Waals surface area contributed by atoms with Crippen LogP contribution in [0.1, 0.15) is 16.7 Å². The van der Waals surface area contributed by atoms with Crippen LogP contribution < -0.4 is 0 Å². The maximum atomic E-state index is 13.2. The number of aryl methyl sites for hydroxylation is 2. The van der Waals surface area contributed by atoms with Crippen molar-refractivity contribution in [2.24, 2.45) is 0 Å². The Hall–Kier alpha value is -2.94. The monoisotopic (exact) mass is 469 g/mol. The standard InChI is InChI=1S/C24H23NO5S2/c1-17-11-12-22(18(2)15-17)32(28,29)30-14-13-19-7-6-10-21-24(19)23(16-25-21)31(26,27)20-8-4-3-5-9-20/h3-12,15-16,25H,13-14H2,1-2H3. The number of H-pyrrole nitrogens is 1. The first-order valence-electron chi connectivity index (χ1n) is 10.1. The van der Waals surface area contributed by atoms with Gasteiger partial charge in [-0.3, -0.25) is 4.18 Å². The Kier molecular flexibility index (Phi) is 5.94. The molecule has 0 amide bonds. The normalized spacial score (nSPS) is 12.3. The first-order chi connectivity index (χ1) is 15.2. The van der Waals surface area contributed by atoms with Crippen molar-refractivity contribution in [2.45, 2.75) is 35.0 Å². The van der Waals surface area contributed by atoms with Gasteiger partial charge in [0.15, 0.2) is 0 Å². The lowest BCUT2D eigenvalue weighted by Gasteiger charge is -2.10. The third kappa shape index (κ3) is 4.21. The molecule has 32 heavy (non-hydrogen) atoms. The second-order valence-electron chi connectivity index (χ2n) is 7.60. The molecule has 0 spiro atoms. The summed E-state index contributed by atoms with van der Waals surface area (Å²) in [5.74, 6) is 0. The van der Waals surface area contributed by atoms with E-state index in [1.807, 2.05) is 6.92 Å². The summed E-state index contributed by atoms with van der Waals surface area (Å²) < 4.78 is 57.0. The predicted molar refractivity (Wildman–Crippen MR) is 123 cm³/mol. The number of rotatable bonds is 7. The Bertz CT molecular complexity index is 1490. The van der Waals surface area contributed by atoms with Crippen molar-refractivity contribution in [3.05, 3.63) is 89.6 Å². The lowest BCUT2D eigenvalue weighted by molar-refractivity contribution is 0.322. The van der Waals surface area contributed by atoms with Crippen molar-refractivity contribution in [1.29, 1.82) is 0 Å². The van der Waals surface area contributed by atoms with Crippen LogP contribution in [0.2, 0.25) is 0 Å². The lowest BCUT2D eigenvalue weighted by Crippen LogP contribution is -2.11. The van der Waals surface area contributed by atoms with Crippen molar-refractivity contribution < 1.29 is 21.0 Å². The predicted octanol–water partition coefficient (Wildman–Crippen LogP) is 4.57. The highest BCUT2D eigenvalue weighted by Crippen LogP contribution is 2.31. The molecule has 0 aliphatic heterocycles. The average Bonchev–Trinajstić information content (AvgIpc) is 3.20. The Morgan fingerprint density at radius 2 is 1.59 bits per heavy atom. The van der Waals surface area contributed by atoms with Crippen LogP contribution in [0.5, 0.6) is 0 Å². The molecule has 0 bridgehead atoms. The average molecular weight is 470 g/mol. The van der Waals surface area contributed by atoms with E-state index in [0.29, 0.717) is 22.0 Å². The fraction of sp³-hybridized carbons (Fsp3) is 0.167. The molecule has 1 heterocycles. The van der Waals surface area contributed by atoms with Gasteiger partial charge in [0, 0.05) is 17.1 Å². The second-order valence-corrected chi connectivity index (χ2v) is 11.1. The van der Waals surface area contributed by atoms with Gasteiger partial charge >= 0.3 is 0 Å². The molecule has 0 aliphatic carbocycles. The van der Waals surface area contributed by atoms with E-state index in [-0.39, 0.29) is 27.7 Å². The Balaban J connectivity index is 1.63. The molecule has 166 valence electrons. The SMILES string of the molecule is Cc1ccc(S(=O)(=O)OCCc2cccc3[nH]cc(S(=O)(=O)c4ccccc4)c23)c(C)c1. The van der Waals surface area contributed by atoms with E-state index in [0.717, 1.165) is 5.56 Å². The van der Waals surface area contributed by atoms with Crippen LogP contribution >= 0.6 is 0 Å². The molecule has 1 aromatic heterocycles. The zero-order chi connectivity index (χ0) is 22.9. The largest absolute Gasteiger partial charge is 0.360 e. The molecule has 4 aromatic rings. The molecule has 1 N–H and O–H groups in total. The molecule has 0 fully saturated rings. The van der Waals surface area contributed by atoms with E-state index < -0.39 is 20.0 Å². The van der Waals surface area contributed by atoms with E-state index in [1.165, 1.54) is 12.3 Å². The van der Waals surface area contributed by atoms with E-state index >= 15 is 0 Å². The highest BCUT2D eigenvalue weighted by molar-refractivity contribution is 7.91. The molecule has 0 aliphatic rings. The minimum absolute atomic E-state index is 0.106. The number of hydrogen-bond acceptors (Lipinski definition) is 5. The van der Waals surface area contributed by atoms with Gasteiger partial charge in [-0.25, -0.2) is 8.42 Å². The molecule has 4 rings (SSSR count). The summed E-state index contributed by atoms with van der Waals surface area (Å²) in [5.41, 5.74) is 2.94. The van der Waals surface area contributed by atoms with Gasteiger partial charge in [0.25, 0.3) is 10.1 Å². The van der Waals surface area contributed by atoms with Gasteiger partial charge in [-0.15, -0.1) is 0 Å². The van der Waals surface area contributed by atoms with Crippen LogP contribution in [0.25, 0.3) is 10.9 Å². The summed E-state index contributed by atoms with van der Waals surface area (Å²) >= 11 is 0. The highest BCUT2D eigenvalue weighted by atomic mass is 32.2. The van der Waals surface area contributed by atoms with E-state index in [9.17, 15) is 16.8 Å². The van der Waals surface area contributed by atoms with E-state index in [4.69, 9.17) is 4.18 Å². The molecular weight excluding hydrogens is 446 g/mol. The van der Waals surface area contributed by atoms with Gasteiger partial charge in [0.05, 0.1) is 21.3 Å². The molecular formula is C24H23NO5S2. The fourth-order valence-electron chi connectivity index (χ4n) is 3.78. The Morgan fingerprint density at radius 1 is 0.844 bits per heavy atom. The lowest BCUT2D eigenvalue weighted by atomic mass is 10.1. The quantitative estimate of drug-likeness (QED) is 0.400. The molecule has 0 saturated carbocycles. The summed E-state index contributed by atoms with van der Waals surface area (Å²) in [5, 5.41) is 0.545. The second kappa shape index (κ2) is 8.54. The van der Waals surface area contributed by atoms with Gasteiger partial charge < -0.3 is 4.98 Å². The maximum Gasteiger partial charge on any atom is 0.297 e. The number of aromatic amines is 1. The molecule has 0 saturated heterocycles. The molecule has 0 radical (unpaired) electrons. The van der Waals surface area contributed by atoms with Crippen molar-refractivity contribution in [1.82, 2.24) is 4.98 Å². The van der Waals surface area contributed by atoms with Crippen LogP contribution in [0.3, 0.4) is 0 Å². The first-order valence-corrected chi connectivity index (χ1v) is 12.9. The third-order valence-electron chi connectivity index (χ3n) is 5.31. The van der Waals surface area contributed by atoms with Crippen molar-refractivity contribution in [2.75, 3.05) is 6.61 Å². The third-order valence-corrected chi connectivity index (χ3v) is 8.58. The van der Waals surface area contributed by atoms with Crippen LogP contribution in [0.15, 0.2) is 87.6 Å². The Labute approximate surface area is 187 Å². The summed E-state index contributed by atoms with van der Waals surface area (Å²) in [7, 11) is -7.67. The van der Waals surface area contributed by atoms with Gasteiger partial charge in [-0.2, -0.15) is 8.42 Å². The van der Waals surface area contributed by atoms with Gasteiger partial charge in [0.1, 0.15) is 0 Å². The van der Waals surface area contributed by atoms with Gasteiger partial charge in [-0.1, -0.05) is 48.0 Å².